The normalized spacial score (nSPS) is 19.4. The number of carbonyl (C=O) groups is 1. The molecule has 0 bridgehead atoms. The van der Waals surface area contributed by atoms with Crippen LogP contribution in [0.25, 0.3) is 0 Å². The molecule has 1 aromatic carbocycles. The molecular weight excluding hydrogens is 284 g/mol. The maximum Gasteiger partial charge on any atom is 0.262 e. The topological polar surface area (TPSA) is 51.2 Å². The Labute approximate surface area is 128 Å². The van der Waals surface area contributed by atoms with Gasteiger partial charge in [0.25, 0.3) is 5.91 Å². The fourth-order valence-electron chi connectivity index (χ4n) is 2.47. The smallest absolute Gasteiger partial charge is 0.262 e. The van der Waals surface area contributed by atoms with Crippen molar-refractivity contribution in [2.24, 2.45) is 0 Å². The average Bonchev–Trinajstić information content (AvgIpc) is 3.16. The van der Waals surface area contributed by atoms with Crippen LogP contribution in [0.4, 0.5) is 0 Å². The monoisotopic (exact) mass is 302 g/mol. The highest BCUT2D eigenvalue weighted by Crippen LogP contribution is 2.30. The molecule has 110 valence electrons. The second kappa shape index (κ2) is 5.48. The van der Waals surface area contributed by atoms with Gasteiger partial charge in [0, 0.05) is 18.0 Å². The first-order chi connectivity index (χ1) is 10.1. The molecule has 2 atom stereocenters. The Morgan fingerprint density at radius 3 is 3.00 bits per heavy atom. The summed E-state index contributed by atoms with van der Waals surface area (Å²) in [7, 11) is 0. The predicted molar refractivity (Wildman–Crippen MR) is 82.5 cm³/mol. The number of carbonyl (C=O) groups excluding carboxylic acids is 1. The number of ether oxygens (including phenoxy) is 1. The zero-order chi connectivity index (χ0) is 14.9. The lowest BCUT2D eigenvalue weighted by Gasteiger charge is -2.28. The van der Waals surface area contributed by atoms with Crippen molar-refractivity contribution >= 4 is 17.2 Å². The summed E-state index contributed by atoms with van der Waals surface area (Å²) >= 11 is 1.56. The number of nitrogens with one attached hydrogen (secondary N) is 1. The van der Waals surface area contributed by atoms with Crippen LogP contribution in [0.3, 0.4) is 0 Å². The van der Waals surface area contributed by atoms with Gasteiger partial charge in [0.2, 0.25) is 0 Å². The molecule has 1 aliphatic rings. The quantitative estimate of drug-likeness (QED) is 0.945. The largest absolute Gasteiger partial charge is 0.480 e. The fraction of sp³-hybridized carbons (Fsp3) is 0.375. The number of rotatable bonds is 4. The molecule has 5 heteroatoms. The number of hydrogen-bond donors (Lipinski definition) is 1. The standard InChI is InChI=1S/C16H18N2O2S/c1-3-16(2,15-17-8-9-21-15)18-14(19)13-10-11-6-4-5-7-12(11)20-13/h4-9,13H,3,10H2,1-2H3,(H,18,19)/t13-,16-/m1/s1. The maximum absolute atomic E-state index is 12.5. The van der Waals surface area contributed by atoms with Crippen LogP contribution in [0.1, 0.15) is 30.8 Å². The first kappa shape index (κ1) is 14.1. The van der Waals surface area contributed by atoms with Crippen LogP contribution in [-0.2, 0) is 16.8 Å². The number of para-hydroxylation sites is 1. The highest BCUT2D eigenvalue weighted by Gasteiger charge is 2.35. The number of benzene rings is 1. The molecule has 0 saturated carbocycles. The Kier molecular flexibility index (Phi) is 3.68. The Balaban J connectivity index is 1.73. The minimum Gasteiger partial charge on any atom is -0.480 e. The van der Waals surface area contributed by atoms with Crippen LogP contribution in [0.15, 0.2) is 35.8 Å². The third-order valence-electron chi connectivity index (χ3n) is 3.95. The molecule has 1 aromatic heterocycles. The van der Waals surface area contributed by atoms with Crippen LogP contribution in [0.2, 0.25) is 0 Å². The summed E-state index contributed by atoms with van der Waals surface area (Å²) in [5, 5.41) is 5.96. The van der Waals surface area contributed by atoms with Crippen LogP contribution in [-0.4, -0.2) is 17.0 Å². The van der Waals surface area contributed by atoms with Crippen molar-refractivity contribution in [3.63, 3.8) is 0 Å². The van der Waals surface area contributed by atoms with Crippen molar-refractivity contribution in [3.8, 4) is 5.75 Å². The lowest BCUT2D eigenvalue weighted by Crippen LogP contribution is -2.48. The van der Waals surface area contributed by atoms with Gasteiger partial charge in [-0.25, -0.2) is 4.98 Å². The van der Waals surface area contributed by atoms with Crippen molar-refractivity contribution in [2.45, 2.75) is 38.3 Å². The molecule has 0 saturated heterocycles. The average molecular weight is 302 g/mol. The molecule has 0 unspecified atom stereocenters. The Bertz CT molecular complexity index is 616. The van der Waals surface area contributed by atoms with E-state index >= 15 is 0 Å². The van der Waals surface area contributed by atoms with Gasteiger partial charge in [-0.1, -0.05) is 25.1 Å². The van der Waals surface area contributed by atoms with E-state index in [4.69, 9.17) is 4.74 Å². The minimum absolute atomic E-state index is 0.0780. The minimum atomic E-state index is -0.451. The van der Waals surface area contributed by atoms with Crippen LogP contribution in [0, 0.1) is 0 Å². The maximum atomic E-state index is 12.5. The van der Waals surface area contributed by atoms with Gasteiger partial charge in [0.15, 0.2) is 6.10 Å². The van der Waals surface area contributed by atoms with Crippen molar-refractivity contribution < 1.29 is 9.53 Å². The van der Waals surface area contributed by atoms with Crippen LogP contribution < -0.4 is 10.1 Å². The first-order valence-corrected chi connectivity index (χ1v) is 7.97. The molecule has 1 amide bonds. The van der Waals surface area contributed by atoms with E-state index in [-0.39, 0.29) is 5.91 Å². The molecule has 2 aromatic rings. The third-order valence-corrected chi connectivity index (χ3v) is 4.99. The van der Waals surface area contributed by atoms with E-state index in [9.17, 15) is 4.79 Å². The van der Waals surface area contributed by atoms with Gasteiger partial charge < -0.3 is 10.1 Å². The lowest BCUT2D eigenvalue weighted by molar-refractivity contribution is -0.129. The fourth-order valence-corrected chi connectivity index (χ4v) is 3.30. The van der Waals surface area contributed by atoms with E-state index in [2.05, 4.69) is 10.3 Å². The second-order valence-corrected chi connectivity index (χ2v) is 6.33. The summed E-state index contributed by atoms with van der Waals surface area (Å²) in [5.41, 5.74) is 0.647. The van der Waals surface area contributed by atoms with Gasteiger partial charge in [0.05, 0.1) is 5.54 Å². The molecule has 1 aliphatic heterocycles. The number of amides is 1. The summed E-state index contributed by atoms with van der Waals surface area (Å²) in [6.07, 6.45) is 2.72. The van der Waals surface area contributed by atoms with Gasteiger partial charge in [-0.3, -0.25) is 4.79 Å². The number of fused-ring (bicyclic) bond motifs is 1. The number of aromatic nitrogens is 1. The number of nitrogens with zero attached hydrogens (tertiary/aromatic N) is 1. The molecular formula is C16H18N2O2S. The highest BCUT2D eigenvalue weighted by molar-refractivity contribution is 7.09. The summed E-state index contributed by atoms with van der Waals surface area (Å²) in [5.74, 6) is 0.732. The SMILES string of the molecule is CC[C@@](C)(NC(=O)[C@H]1Cc2ccccc2O1)c1nccs1. The van der Waals surface area contributed by atoms with Gasteiger partial charge in [-0.15, -0.1) is 11.3 Å². The zero-order valence-electron chi connectivity index (χ0n) is 12.1. The van der Waals surface area contributed by atoms with Crippen LogP contribution in [0.5, 0.6) is 5.75 Å². The summed E-state index contributed by atoms with van der Waals surface area (Å²) < 4.78 is 5.75. The molecule has 1 N–H and O–H groups in total. The van der Waals surface area contributed by atoms with Gasteiger partial charge in [-0.2, -0.15) is 0 Å². The van der Waals surface area contributed by atoms with E-state index in [1.165, 1.54) is 0 Å². The Morgan fingerprint density at radius 2 is 2.33 bits per heavy atom. The van der Waals surface area contributed by atoms with Crippen molar-refractivity contribution in [1.82, 2.24) is 10.3 Å². The number of hydrogen-bond acceptors (Lipinski definition) is 4. The lowest BCUT2D eigenvalue weighted by atomic mass is 9.99. The summed E-state index contributed by atoms with van der Waals surface area (Å²) in [6, 6.07) is 7.80. The molecule has 21 heavy (non-hydrogen) atoms. The zero-order valence-corrected chi connectivity index (χ0v) is 12.9. The summed E-state index contributed by atoms with van der Waals surface area (Å²) in [4.78, 5) is 16.9. The highest BCUT2D eigenvalue weighted by atomic mass is 32.1. The Hall–Kier alpha value is -1.88. The van der Waals surface area contributed by atoms with Crippen molar-refractivity contribution in [2.75, 3.05) is 0 Å². The third kappa shape index (κ3) is 2.65. The van der Waals surface area contributed by atoms with Gasteiger partial charge in [0.1, 0.15) is 10.8 Å². The molecule has 2 heterocycles. The van der Waals surface area contributed by atoms with Crippen molar-refractivity contribution in [1.29, 1.82) is 0 Å². The first-order valence-electron chi connectivity index (χ1n) is 7.09. The molecule has 0 aliphatic carbocycles. The van der Waals surface area contributed by atoms with Crippen LogP contribution >= 0.6 is 11.3 Å². The second-order valence-electron chi connectivity index (χ2n) is 5.43. The van der Waals surface area contributed by atoms with E-state index in [1.54, 1.807) is 17.5 Å². The van der Waals surface area contributed by atoms with E-state index < -0.39 is 11.6 Å². The molecule has 0 spiro atoms. The molecule has 0 radical (unpaired) electrons. The van der Waals surface area contributed by atoms with E-state index in [0.29, 0.717) is 6.42 Å². The molecule has 4 nitrogen and oxygen atoms in total. The van der Waals surface area contributed by atoms with Gasteiger partial charge in [-0.05, 0) is 25.0 Å². The number of thiazole rings is 1. The Morgan fingerprint density at radius 1 is 1.52 bits per heavy atom. The van der Waals surface area contributed by atoms with E-state index in [0.717, 1.165) is 22.7 Å². The van der Waals surface area contributed by atoms with Gasteiger partial charge >= 0.3 is 0 Å². The van der Waals surface area contributed by atoms with E-state index in [1.807, 2.05) is 43.5 Å². The predicted octanol–water partition coefficient (Wildman–Crippen LogP) is 2.89. The summed E-state index contributed by atoms with van der Waals surface area (Å²) in [6.45, 7) is 4.05. The van der Waals surface area contributed by atoms with Crippen molar-refractivity contribution in [3.05, 3.63) is 46.4 Å². The molecule has 0 fully saturated rings. The molecule has 3 rings (SSSR count).